The van der Waals surface area contributed by atoms with Crippen molar-refractivity contribution in [1.82, 2.24) is 4.57 Å². The minimum Gasteiger partial charge on any atom is -0.310 e. The van der Waals surface area contributed by atoms with Crippen LogP contribution in [0.5, 0.6) is 0 Å². The zero-order valence-corrected chi connectivity index (χ0v) is 37.7. The van der Waals surface area contributed by atoms with Gasteiger partial charge in [0.2, 0.25) is 0 Å². The summed E-state index contributed by atoms with van der Waals surface area (Å²) >= 11 is 0. The summed E-state index contributed by atoms with van der Waals surface area (Å²) in [5.41, 5.74) is 22.4. The number of hydrogen-bond acceptors (Lipinski definition) is 1. The Kier molecular flexibility index (Phi) is 8.33. The number of nitrogens with zero attached hydrogens (tertiary/aromatic N) is 2. The van der Waals surface area contributed by atoms with Crippen molar-refractivity contribution in [3.63, 3.8) is 0 Å². The van der Waals surface area contributed by atoms with E-state index in [0.717, 1.165) is 22.7 Å². The zero-order valence-electron chi connectivity index (χ0n) is 37.7. The van der Waals surface area contributed by atoms with Gasteiger partial charge in [0, 0.05) is 44.4 Å². The molecule has 2 nitrogen and oxygen atoms in total. The molecule has 0 unspecified atom stereocenters. The van der Waals surface area contributed by atoms with Gasteiger partial charge in [0.25, 0.3) is 0 Å². The van der Waals surface area contributed by atoms with Crippen LogP contribution in [-0.4, -0.2) is 4.57 Å². The largest absolute Gasteiger partial charge is 0.310 e. The van der Waals surface area contributed by atoms with Crippen molar-refractivity contribution < 1.29 is 0 Å². The molecule has 13 rings (SSSR count). The molecule has 0 atom stereocenters. The zero-order chi connectivity index (χ0) is 44.3. The molecule has 1 heterocycles. The van der Waals surface area contributed by atoms with Gasteiger partial charge in [-0.3, -0.25) is 0 Å². The van der Waals surface area contributed by atoms with Crippen LogP contribution in [0.1, 0.15) is 49.9 Å². The normalized spacial score (nSPS) is 14.0. The van der Waals surface area contributed by atoms with Crippen LogP contribution in [-0.2, 0) is 10.8 Å². The molecular formula is C64H48N2. The summed E-state index contributed by atoms with van der Waals surface area (Å²) in [6.07, 6.45) is 0. The monoisotopic (exact) mass is 844 g/mol. The summed E-state index contributed by atoms with van der Waals surface area (Å²) in [4.78, 5) is 2.46. The van der Waals surface area contributed by atoms with Crippen LogP contribution in [0.2, 0.25) is 0 Å². The van der Waals surface area contributed by atoms with Crippen molar-refractivity contribution in [1.29, 1.82) is 0 Å². The Morgan fingerprint density at radius 2 is 0.803 bits per heavy atom. The smallest absolute Gasteiger partial charge is 0.0547 e. The van der Waals surface area contributed by atoms with Crippen LogP contribution in [0.4, 0.5) is 17.1 Å². The third-order valence-corrected chi connectivity index (χ3v) is 15.0. The summed E-state index contributed by atoms with van der Waals surface area (Å²) in [5.74, 6) is 0. The van der Waals surface area contributed by atoms with E-state index in [-0.39, 0.29) is 10.8 Å². The fraction of sp³-hybridized carbons (Fsp3) is 0.0938. The first-order valence-electron chi connectivity index (χ1n) is 23.3. The summed E-state index contributed by atoms with van der Waals surface area (Å²) in [7, 11) is 0. The third-order valence-electron chi connectivity index (χ3n) is 15.0. The first-order valence-corrected chi connectivity index (χ1v) is 23.3. The summed E-state index contributed by atoms with van der Waals surface area (Å²) in [5, 5.41) is 5.03. The third kappa shape index (κ3) is 5.67. The molecule has 10 aromatic carbocycles. The number of fused-ring (bicyclic) bond motifs is 10. The topological polar surface area (TPSA) is 8.17 Å². The summed E-state index contributed by atoms with van der Waals surface area (Å²) < 4.78 is 2.43. The van der Waals surface area contributed by atoms with Gasteiger partial charge in [-0.05, 0) is 138 Å². The molecule has 11 aromatic rings. The summed E-state index contributed by atoms with van der Waals surface area (Å²) in [6.45, 7) is 9.47. The van der Waals surface area contributed by atoms with Crippen molar-refractivity contribution in [3.8, 4) is 50.2 Å². The van der Waals surface area contributed by atoms with Crippen LogP contribution in [0.15, 0.2) is 218 Å². The number of hydrogen-bond donors (Lipinski definition) is 0. The molecule has 1 aromatic heterocycles. The Balaban J connectivity index is 0.914. The second-order valence-electron chi connectivity index (χ2n) is 19.3. The van der Waals surface area contributed by atoms with Gasteiger partial charge in [0.1, 0.15) is 0 Å². The fourth-order valence-electron chi connectivity index (χ4n) is 11.6. The highest BCUT2D eigenvalue weighted by Gasteiger charge is 2.37. The maximum absolute atomic E-state index is 2.46. The number of benzene rings is 10. The molecule has 2 aliphatic rings. The quantitative estimate of drug-likeness (QED) is 0.162. The lowest BCUT2D eigenvalue weighted by Crippen LogP contribution is -2.18. The molecule has 0 N–H and O–H groups in total. The Morgan fingerprint density at radius 3 is 1.47 bits per heavy atom. The van der Waals surface area contributed by atoms with Gasteiger partial charge < -0.3 is 9.47 Å². The molecule has 0 saturated heterocycles. The predicted octanol–water partition coefficient (Wildman–Crippen LogP) is 17.4. The van der Waals surface area contributed by atoms with Crippen LogP contribution in [0.3, 0.4) is 0 Å². The van der Waals surface area contributed by atoms with E-state index in [1.54, 1.807) is 0 Å². The minimum absolute atomic E-state index is 0.112. The van der Waals surface area contributed by atoms with Gasteiger partial charge in [-0.25, -0.2) is 0 Å². The molecule has 314 valence electrons. The highest BCUT2D eigenvalue weighted by molar-refractivity contribution is 6.10. The van der Waals surface area contributed by atoms with Gasteiger partial charge in [-0.15, -0.1) is 0 Å². The van der Waals surface area contributed by atoms with Crippen molar-refractivity contribution in [2.24, 2.45) is 0 Å². The molecule has 0 fully saturated rings. The Bertz CT molecular complexity index is 3640. The Morgan fingerprint density at radius 1 is 0.318 bits per heavy atom. The van der Waals surface area contributed by atoms with Crippen molar-refractivity contribution in [3.05, 3.63) is 241 Å². The lowest BCUT2D eigenvalue weighted by atomic mass is 9.82. The standard InChI is InChI=1S/C64H48N2/c1-63(2)57-21-10-7-17-51(57)53-36-33-47(39-59(53)63)65(48-34-37-54-52-18-8-11-22-58(52)64(3,4)60(54)40-48)45-29-24-41(25-30-45)44-28-35-56-55-19-9-12-23-61(55)66(62(56)38-44)46-31-26-43(27-32-46)50-20-13-15-42-14-5-6-16-49(42)50/h5-40H,1-4H3. The Hall–Kier alpha value is -7.94. The van der Waals surface area contributed by atoms with E-state index in [1.807, 2.05) is 0 Å². The first-order chi connectivity index (χ1) is 32.2. The highest BCUT2D eigenvalue weighted by Crippen LogP contribution is 2.53. The highest BCUT2D eigenvalue weighted by atomic mass is 15.1. The molecule has 0 saturated carbocycles. The maximum Gasteiger partial charge on any atom is 0.0547 e. The van der Waals surface area contributed by atoms with Gasteiger partial charge in [0.05, 0.1) is 11.0 Å². The van der Waals surface area contributed by atoms with Gasteiger partial charge in [-0.1, -0.05) is 185 Å². The number of aromatic nitrogens is 1. The molecule has 0 spiro atoms. The average molecular weight is 845 g/mol. The van der Waals surface area contributed by atoms with E-state index >= 15 is 0 Å². The summed E-state index contributed by atoms with van der Waals surface area (Å²) in [6, 6.07) is 81.3. The molecule has 2 aliphatic carbocycles. The lowest BCUT2D eigenvalue weighted by molar-refractivity contribution is 0.660. The van der Waals surface area contributed by atoms with E-state index in [2.05, 4.69) is 256 Å². The molecule has 66 heavy (non-hydrogen) atoms. The van der Waals surface area contributed by atoms with Crippen molar-refractivity contribution in [2.75, 3.05) is 4.90 Å². The molecule has 0 bridgehead atoms. The van der Waals surface area contributed by atoms with E-state index in [1.165, 1.54) is 99.3 Å². The Labute approximate surface area is 386 Å². The van der Waals surface area contributed by atoms with Crippen LogP contribution in [0.25, 0.3) is 82.8 Å². The minimum atomic E-state index is -0.112. The van der Waals surface area contributed by atoms with Crippen LogP contribution < -0.4 is 4.90 Å². The SMILES string of the molecule is CC1(C)c2ccccc2-c2ccc(N(c3ccc(-c4ccc5c6ccccc6n(-c6ccc(-c7cccc8ccccc78)cc6)c5c4)cc3)c3ccc4c(c3)C(C)(C)c3ccccc3-4)cc21. The molecule has 0 radical (unpaired) electrons. The van der Waals surface area contributed by atoms with Crippen molar-refractivity contribution >= 4 is 49.6 Å². The van der Waals surface area contributed by atoms with Gasteiger partial charge >= 0.3 is 0 Å². The van der Waals surface area contributed by atoms with E-state index in [9.17, 15) is 0 Å². The number of anilines is 3. The van der Waals surface area contributed by atoms with E-state index < -0.39 is 0 Å². The lowest BCUT2D eigenvalue weighted by Gasteiger charge is -2.30. The predicted molar refractivity (Wildman–Crippen MR) is 279 cm³/mol. The molecule has 0 amide bonds. The molecular weight excluding hydrogens is 797 g/mol. The average Bonchev–Trinajstić information content (AvgIpc) is 3.90. The first kappa shape index (κ1) is 38.5. The van der Waals surface area contributed by atoms with Crippen molar-refractivity contribution in [2.45, 2.75) is 38.5 Å². The van der Waals surface area contributed by atoms with Gasteiger partial charge in [0.15, 0.2) is 0 Å². The molecule has 0 aliphatic heterocycles. The number of rotatable bonds is 6. The van der Waals surface area contributed by atoms with E-state index in [0.29, 0.717) is 0 Å². The maximum atomic E-state index is 2.46. The van der Waals surface area contributed by atoms with Crippen LogP contribution >= 0.6 is 0 Å². The second kappa shape index (κ2) is 14.3. The van der Waals surface area contributed by atoms with E-state index in [4.69, 9.17) is 0 Å². The number of para-hydroxylation sites is 1. The van der Waals surface area contributed by atoms with Gasteiger partial charge in [-0.2, -0.15) is 0 Å². The fourth-order valence-corrected chi connectivity index (χ4v) is 11.6. The second-order valence-corrected chi connectivity index (χ2v) is 19.3. The van der Waals surface area contributed by atoms with Crippen LogP contribution in [0, 0.1) is 0 Å². The molecule has 2 heteroatoms.